The number of thiophene rings is 1. The predicted molar refractivity (Wildman–Crippen MR) is 232 cm³/mol. The maximum Gasteiger partial charge on any atom is 0.164 e. The summed E-state index contributed by atoms with van der Waals surface area (Å²) >= 11 is 1.81. The molecule has 0 radical (unpaired) electrons. The van der Waals surface area contributed by atoms with Gasteiger partial charge in [-0.05, 0) is 78.8 Å². The van der Waals surface area contributed by atoms with Gasteiger partial charge >= 0.3 is 0 Å². The van der Waals surface area contributed by atoms with Crippen molar-refractivity contribution in [3.05, 3.63) is 188 Å². The molecule has 11 rings (SSSR count). The Hall–Kier alpha value is -7.01. The summed E-state index contributed by atoms with van der Waals surface area (Å²) in [6, 6.07) is 67.1. The summed E-state index contributed by atoms with van der Waals surface area (Å²) in [5.41, 5.74) is 7.74. The Labute approximate surface area is 321 Å². The van der Waals surface area contributed by atoms with E-state index in [-0.39, 0.29) is 0 Å². The molecule has 0 spiro atoms. The van der Waals surface area contributed by atoms with Crippen molar-refractivity contribution in [2.24, 2.45) is 0 Å². The molecule has 0 aliphatic carbocycles. The van der Waals surface area contributed by atoms with Gasteiger partial charge in [0.2, 0.25) is 0 Å². The Bertz CT molecular complexity index is 3150. The van der Waals surface area contributed by atoms with Crippen molar-refractivity contribution in [2.75, 3.05) is 0 Å². The van der Waals surface area contributed by atoms with E-state index in [1.807, 2.05) is 60.7 Å². The molecule has 256 valence electrons. The minimum Gasteiger partial charge on any atom is -0.208 e. The van der Waals surface area contributed by atoms with Gasteiger partial charge in [-0.25, -0.2) is 15.0 Å². The van der Waals surface area contributed by atoms with E-state index in [9.17, 15) is 0 Å². The number of hydrogen-bond donors (Lipinski definition) is 0. The van der Waals surface area contributed by atoms with Gasteiger partial charge in [-0.3, -0.25) is 0 Å². The highest BCUT2D eigenvalue weighted by Gasteiger charge is 2.15. The maximum absolute atomic E-state index is 4.97. The van der Waals surface area contributed by atoms with Gasteiger partial charge in [0, 0.05) is 36.9 Å². The van der Waals surface area contributed by atoms with Gasteiger partial charge in [0.25, 0.3) is 0 Å². The van der Waals surface area contributed by atoms with Gasteiger partial charge in [-0.1, -0.05) is 164 Å². The van der Waals surface area contributed by atoms with Crippen LogP contribution in [0.5, 0.6) is 0 Å². The van der Waals surface area contributed by atoms with E-state index < -0.39 is 0 Å². The second kappa shape index (κ2) is 12.8. The molecular weight excluding hydrogens is 687 g/mol. The van der Waals surface area contributed by atoms with Crippen LogP contribution in [0.2, 0.25) is 0 Å². The Kier molecular flexibility index (Phi) is 7.35. The lowest BCUT2D eigenvalue weighted by Gasteiger charge is -2.12. The SMILES string of the molecule is c1ccc(-c2nc(-c3ccccc3)nc(-c3ccc4c(c3)sc3ccc(-c5ccc(-c6ccc7c8ccccc8c8ccccc8c7c6)cc5)cc34)n2)cc1. The van der Waals surface area contributed by atoms with Gasteiger partial charge in [-0.15, -0.1) is 11.3 Å². The van der Waals surface area contributed by atoms with E-state index in [0.29, 0.717) is 17.5 Å². The second-order valence-corrected chi connectivity index (χ2v) is 15.1. The van der Waals surface area contributed by atoms with Crippen LogP contribution < -0.4 is 0 Å². The lowest BCUT2D eigenvalue weighted by molar-refractivity contribution is 1.07. The average Bonchev–Trinajstić information content (AvgIpc) is 3.64. The van der Waals surface area contributed by atoms with Crippen LogP contribution in [0.25, 0.3) is 109 Å². The van der Waals surface area contributed by atoms with Crippen molar-refractivity contribution in [2.45, 2.75) is 0 Å². The quantitative estimate of drug-likeness (QED) is 0.166. The first-order chi connectivity index (χ1) is 27.2. The minimum atomic E-state index is 0.666. The van der Waals surface area contributed by atoms with E-state index in [1.165, 1.54) is 74.7 Å². The number of rotatable bonds is 5. The number of benzene rings is 9. The highest BCUT2D eigenvalue weighted by molar-refractivity contribution is 7.25. The zero-order valence-corrected chi connectivity index (χ0v) is 30.5. The van der Waals surface area contributed by atoms with Crippen LogP contribution in [-0.4, -0.2) is 15.0 Å². The van der Waals surface area contributed by atoms with E-state index >= 15 is 0 Å². The fourth-order valence-electron chi connectivity index (χ4n) is 7.98. The first-order valence-corrected chi connectivity index (χ1v) is 19.3. The zero-order chi connectivity index (χ0) is 36.3. The highest BCUT2D eigenvalue weighted by Crippen LogP contribution is 2.40. The molecule has 2 aromatic heterocycles. The fraction of sp³-hybridized carbons (Fsp3) is 0. The van der Waals surface area contributed by atoms with E-state index in [1.54, 1.807) is 11.3 Å². The lowest BCUT2D eigenvalue weighted by atomic mass is 9.92. The number of nitrogens with zero attached hydrogens (tertiary/aromatic N) is 3. The molecule has 2 heterocycles. The molecule has 0 atom stereocenters. The average molecular weight is 718 g/mol. The molecular formula is C51H31N3S. The smallest absolute Gasteiger partial charge is 0.164 e. The van der Waals surface area contributed by atoms with Crippen LogP contribution >= 0.6 is 11.3 Å². The molecule has 11 aromatic rings. The van der Waals surface area contributed by atoms with Crippen molar-refractivity contribution in [3.63, 3.8) is 0 Å². The second-order valence-electron chi connectivity index (χ2n) is 14.0. The molecule has 9 aromatic carbocycles. The summed E-state index contributed by atoms with van der Waals surface area (Å²) in [6.45, 7) is 0. The molecule has 0 saturated heterocycles. The summed E-state index contributed by atoms with van der Waals surface area (Å²) in [7, 11) is 0. The van der Waals surface area contributed by atoms with Crippen LogP contribution in [0, 0.1) is 0 Å². The third kappa shape index (κ3) is 5.46. The highest BCUT2D eigenvalue weighted by atomic mass is 32.1. The number of fused-ring (bicyclic) bond motifs is 9. The van der Waals surface area contributed by atoms with Crippen molar-refractivity contribution >= 4 is 63.8 Å². The van der Waals surface area contributed by atoms with Gasteiger partial charge < -0.3 is 0 Å². The molecule has 0 aliphatic rings. The van der Waals surface area contributed by atoms with Crippen LogP contribution in [0.4, 0.5) is 0 Å². The van der Waals surface area contributed by atoms with Crippen LogP contribution in [0.1, 0.15) is 0 Å². The third-order valence-electron chi connectivity index (χ3n) is 10.7. The van der Waals surface area contributed by atoms with Crippen molar-refractivity contribution in [1.82, 2.24) is 15.0 Å². The molecule has 55 heavy (non-hydrogen) atoms. The standard InChI is InChI=1S/C51H31N3S/c1-3-11-34(12-4-1)49-52-50(35-13-5-2-6-14-35)54-51(53-49)38-24-27-44-46-30-37(25-28-47(46)55-48(44)31-38)33-21-19-32(20-22-33)36-23-26-43-41-17-8-7-15-39(41)40-16-9-10-18-42(40)45(43)29-36/h1-31H. The van der Waals surface area contributed by atoms with Gasteiger partial charge in [0.1, 0.15) is 0 Å². The fourth-order valence-corrected chi connectivity index (χ4v) is 9.10. The van der Waals surface area contributed by atoms with Crippen LogP contribution in [0.15, 0.2) is 188 Å². The normalized spacial score (nSPS) is 11.6. The molecule has 4 heteroatoms. The number of hydrogen-bond acceptors (Lipinski definition) is 4. The molecule has 0 N–H and O–H groups in total. The van der Waals surface area contributed by atoms with Gasteiger partial charge in [-0.2, -0.15) is 0 Å². The van der Waals surface area contributed by atoms with Crippen molar-refractivity contribution in [3.8, 4) is 56.4 Å². The molecule has 0 saturated carbocycles. The van der Waals surface area contributed by atoms with E-state index in [0.717, 1.165) is 16.7 Å². The summed E-state index contributed by atoms with van der Waals surface area (Å²) in [4.78, 5) is 14.8. The molecule has 0 bridgehead atoms. The largest absolute Gasteiger partial charge is 0.208 e. The van der Waals surface area contributed by atoms with E-state index in [2.05, 4.69) is 127 Å². The molecule has 3 nitrogen and oxygen atoms in total. The van der Waals surface area contributed by atoms with Gasteiger partial charge in [0.15, 0.2) is 17.5 Å². The third-order valence-corrected chi connectivity index (χ3v) is 11.9. The molecule has 0 fully saturated rings. The topological polar surface area (TPSA) is 38.7 Å². The minimum absolute atomic E-state index is 0.666. The lowest BCUT2D eigenvalue weighted by Crippen LogP contribution is -1.99. The zero-order valence-electron chi connectivity index (χ0n) is 29.6. The first kappa shape index (κ1) is 31.5. The maximum atomic E-state index is 4.97. The molecule has 0 unspecified atom stereocenters. The Morgan fingerprint density at radius 3 is 1.20 bits per heavy atom. The van der Waals surface area contributed by atoms with Crippen molar-refractivity contribution in [1.29, 1.82) is 0 Å². The summed E-state index contributed by atoms with van der Waals surface area (Å²) in [5, 5.41) is 10.3. The van der Waals surface area contributed by atoms with Crippen molar-refractivity contribution < 1.29 is 0 Å². The van der Waals surface area contributed by atoms with Gasteiger partial charge in [0.05, 0.1) is 0 Å². The predicted octanol–water partition coefficient (Wildman–Crippen LogP) is 14.0. The number of aromatic nitrogens is 3. The summed E-state index contributed by atoms with van der Waals surface area (Å²) in [6.07, 6.45) is 0. The van der Waals surface area contributed by atoms with Crippen LogP contribution in [-0.2, 0) is 0 Å². The Morgan fingerprint density at radius 2 is 0.636 bits per heavy atom. The van der Waals surface area contributed by atoms with Crippen LogP contribution in [0.3, 0.4) is 0 Å². The Balaban J connectivity index is 0.945. The molecule has 0 aliphatic heterocycles. The van der Waals surface area contributed by atoms with E-state index in [4.69, 9.17) is 15.0 Å². The summed E-state index contributed by atoms with van der Waals surface area (Å²) < 4.78 is 2.47. The monoisotopic (exact) mass is 717 g/mol. The first-order valence-electron chi connectivity index (χ1n) is 18.5. The molecule has 0 amide bonds. The summed E-state index contributed by atoms with van der Waals surface area (Å²) in [5.74, 6) is 2.00. The Morgan fingerprint density at radius 1 is 0.236 bits per heavy atom.